The van der Waals surface area contributed by atoms with Crippen molar-refractivity contribution >= 4 is 11.6 Å². The molecular formula is C19H25N3O2. The molecule has 128 valence electrons. The molecule has 2 aromatic rings. The van der Waals surface area contributed by atoms with Crippen molar-refractivity contribution in [1.29, 1.82) is 0 Å². The van der Waals surface area contributed by atoms with Crippen LogP contribution in [0.4, 0.5) is 5.69 Å². The van der Waals surface area contributed by atoms with E-state index in [1.165, 1.54) is 6.42 Å². The predicted octanol–water partition coefficient (Wildman–Crippen LogP) is 3.79. The molecule has 1 aromatic carbocycles. The third-order valence-corrected chi connectivity index (χ3v) is 4.45. The largest absolute Gasteiger partial charge is 0.441 e. The Balaban J connectivity index is 1.54. The first-order valence-electron chi connectivity index (χ1n) is 8.68. The lowest BCUT2D eigenvalue weighted by molar-refractivity contribution is -0.116. The Bertz CT molecular complexity index is 670. The van der Waals surface area contributed by atoms with Gasteiger partial charge in [0.2, 0.25) is 11.8 Å². The monoisotopic (exact) mass is 327 g/mol. The van der Waals surface area contributed by atoms with Crippen LogP contribution in [0.25, 0.3) is 11.5 Å². The Morgan fingerprint density at radius 2 is 2.17 bits per heavy atom. The first-order valence-corrected chi connectivity index (χ1v) is 8.68. The van der Waals surface area contributed by atoms with Crippen molar-refractivity contribution in [3.63, 3.8) is 0 Å². The molecule has 5 nitrogen and oxygen atoms in total. The van der Waals surface area contributed by atoms with Crippen LogP contribution in [0.15, 0.2) is 34.9 Å². The number of hydrogen-bond donors (Lipinski definition) is 2. The fraction of sp³-hybridized carbons (Fsp3) is 0.474. The zero-order valence-electron chi connectivity index (χ0n) is 14.3. The van der Waals surface area contributed by atoms with Gasteiger partial charge in [0, 0.05) is 23.6 Å². The van der Waals surface area contributed by atoms with Crippen molar-refractivity contribution in [3.8, 4) is 11.5 Å². The summed E-state index contributed by atoms with van der Waals surface area (Å²) in [4.78, 5) is 16.4. The van der Waals surface area contributed by atoms with E-state index < -0.39 is 0 Å². The van der Waals surface area contributed by atoms with Crippen LogP contribution in [0.5, 0.6) is 0 Å². The molecule has 24 heavy (non-hydrogen) atoms. The molecular weight excluding hydrogens is 302 g/mol. The lowest BCUT2D eigenvalue weighted by Crippen LogP contribution is -2.14. The summed E-state index contributed by atoms with van der Waals surface area (Å²) in [7, 11) is 0. The van der Waals surface area contributed by atoms with Crippen LogP contribution in [0, 0.1) is 5.92 Å². The minimum absolute atomic E-state index is 0.0767. The van der Waals surface area contributed by atoms with E-state index in [1.54, 1.807) is 6.20 Å². The summed E-state index contributed by atoms with van der Waals surface area (Å²) in [5.74, 6) is 2.53. The van der Waals surface area contributed by atoms with Crippen LogP contribution in [0.2, 0.25) is 0 Å². The number of nitrogens with one attached hydrogen (secondary N) is 2. The Labute approximate surface area is 142 Å². The molecule has 1 aliphatic rings. The van der Waals surface area contributed by atoms with Gasteiger partial charge in [-0.2, -0.15) is 0 Å². The van der Waals surface area contributed by atoms with Crippen molar-refractivity contribution in [3.05, 3.63) is 36.2 Å². The highest BCUT2D eigenvalue weighted by Gasteiger charge is 2.16. The standard InChI is InChI=1S/C19H25N3O2/c1-13(2)17-12-21-19(24-17)15-4-6-16(7-5-15)22-18(23)8-3-14-9-10-20-11-14/h4-7,12-14,20H,3,8-11H2,1-2H3,(H,22,23). The molecule has 0 aliphatic carbocycles. The van der Waals surface area contributed by atoms with Gasteiger partial charge in [-0.1, -0.05) is 13.8 Å². The minimum Gasteiger partial charge on any atom is -0.441 e. The van der Waals surface area contributed by atoms with E-state index in [-0.39, 0.29) is 5.91 Å². The molecule has 0 spiro atoms. The topological polar surface area (TPSA) is 67.2 Å². The molecule has 2 heterocycles. The van der Waals surface area contributed by atoms with Gasteiger partial charge >= 0.3 is 0 Å². The Hall–Kier alpha value is -2.14. The number of anilines is 1. The van der Waals surface area contributed by atoms with Crippen molar-refractivity contribution < 1.29 is 9.21 Å². The van der Waals surface area contributed by atoms with Crippen molar-refractivity contribution in [2.45, 2.75) is 39.0 Å². The van der Waals surface area contributed by atoms with Crippen molar-refractivity contribution in [2.24, 2.45) is 5.92 Å². The van der Waals surface area contributed by atoms with Crippen molar-refractivity contribution in [1.82, 2.24) is 10.3 Å². The third-order valence-electron chi connectivity index (χ3n) is 4.45. The highest BCUT2D eigenvalue weighted by atomic mass is 16.4. The van der Waals surface area contributed by atoms with E-state index >= 15 is 0 Å². The maximum atomic E-state index is 12.0. The second-order valence-electron chi connectivity index (χ2n) is 6.75. The van der Waals surface area contributed by atoms with E-state index in [2.05, 4.69) is 29.5 Å². The van der Waals surface area contributed by atoms with Gasteiger partial charge in [-0.25, -0.2) is 4.98 Å². The van der Waals surface area contributed by atoms with Gasteiger partial charge in [0.1, 0.15) is 5.76 Å². The van der Waals surface area contributed by atoms with E-state index in [4.69, 9.17) is 4.42 Å². The average molecular weight is 327 g/mol. The first-order chi connectivity index (χ1) is 11.6. The molecule has 5 heteroatoms. The number of benzene rings is 1. The van der Waals surface area contributed by atoms with Gasteiger partial charge in [0.05, 0.1) is 6.20 Å². The van der Waals surface area contributed by atoms with Crippen LogP contribution >= 0.6 is 0 Å². The lowest BCUT2D eigenvalue weighted by Gasteiger charge is -2.09. The molecule has 1 amide bonds. The molecule has 0 saturated carbocycles. The Morgan fingerprint density at radius 3 is 2.79 bits per heavy atom. The van der Waals surface area contributed by atoms with Gasteiger partial charge in [0.25, 0.3) is 0 Å². The number of carbonyl (C=O) groups is 1. The summed E-state index contributed by atoms with van der Waals surface area (Å²) in [6.07, 6.45) is 4.47. The molecule has 3 rings (SSSR count). The molecule has 0 radical (unpaired) electrons. The number of rotatable bonds is 6. The van der Waals surface area contributed by atoms with E-state index in [1.807, 2.05) is 24.3 Å². The summed E-state index contributed by atoms with van der Waals surface area (Å²) in [6, 6.07) is 7.63. The number of oxazole rings is 1. The van der Waals surface area contributed by atoms with Crippen LogP contribution in [0.3, 0.4) is 0 Å². The molecule has 0 bridgehead atoms. The van der Waals surface area contributed by atoms with Crippen LogP contribution in [-0.2, 0) is 4.79 Å². The molecule has 2 N–H and O–H groups in total. The summed E-state index contributed by atoms with van der Waals surface area (Å²) in [6.45, 7) is 6.26. The summed E-state index contributed by atoms with van der Waals surface area (Å²) < 4.78 is 5.74. The fourth-order valence-corrected chi connectivity index (χ4v) is 2.90. The van der Waals surface area contributed by atoms with E-state index in [0.29, 0.717) is 24.1 Å². The second kappa shape index (κ2) is 7.62. The highest BCUT2D eigenvalue weighted by Crippen LogP contribution is 2.24. The maximum Gasteiger partial charge on any atom is 0.226 e. The molecule has 1 unspecified atom stereocenters. The normalized spacial score (nSPS) is 17.4. The zero-order valence-corrected chi connectivity index (χ0v) is 14.3. The lowest BCUT2D eigenvalue weighted by atomic mass is 10.0. The van der Waals surface area contributed by atoms with Crippen molar-refractivity contribution in [2.75, 3.05) is 18.4 Å². The van der Waals surface area contributed by atoms with E-state index in [9.17, 15) is 4.79 Å². The highest BCUT2D eigenvalue weighted by molar-refractivity contribution is 5.90. The molecule has 1 aliphatic heterocycles. The molecule has 1 aromatic heterocycles. The molecule has 1 saturated heterocycles. The maximum absolute atomic E-state index is 12.0. The number of aromatic nitrogens is 1. The average Bonchev–Trinajstić information content (AvgIpc) is 3.25. The first kappa shape index (κ1) is 16.7. The number of nitrogens with zero attached hydrogens (tertiary/aromatic N) is 1. The van der Waals surface area contributed by atoms with E-state index in [0.717, 1.165) is 36.5 Å². The summed E-state index contributed by atoms with van der Waals surface area (Å²) in [5.41, 5.74) is 1.72. The Morgan fingerprint density at radius 1 is 1.38 bits per heavy atom. The molecule has 1 atom stereocenters. The van der Waals surface area contributed by atoms with Crippen LogP contribution in [0.1, 0.15) is 44.8 Å². The van der Waals surface area contributed by atoms with Gasteiger partial charge in [0.15, 0.2) is 0 Å². The molecule has 1 fully saturated rings. The number of carbonyl (C=O) groups excluding carboxylic acids is 1. The van der Waals surface area contributed by atoms with Gasteiger partial charge < -0.3 is 15.1 Å². The number of amides is 1. The number of hydrogen-bond acceptors (Lipinski definition) is 4. The second-order valence-corrected chi connectivity index (χ2v) is 6.75. The summed E-state index contributed by atoms with van der Waals surface area (Å²) in [5, 5.41) is 6.29. The van der Waals surface area contributed by atoms with Gasteiger partial charge in [-0.15, -0.1) is 0 Å². The minimum atomic E-state index is 0.0767. The smallest absolute Gasteiger partial charge is 0.226 e. The Kier molecular flexibility index (Phi) is 5.30. The zero-order chi connectivity index (χ0) is 16.9. The SMILES string of the molecule is CC(C)c1cnc(-c2ccc(NC(=O)CCC3CCNC3)cc2)o1. The predicted molar refractivity (Wildman–Crippen MR) is 94.9 cm³/mol. The fourth-order valence-electron chi connectivity index (χ4n) is 2.90. The van der Waals surface area contributed by atoms with Crippen LogP contribution < -0.4 is 10.6 Å². The third kappa shape index (κ3) is 4.23. The summed E-state index contributed by atoms with van der Waals surface area (Å²) >= 11 is 0. The van der Waals surface area contributed by atoms with Crippen LogP contribution in [-0.4, -0.2) is 24.0 Å². The van der Waals surface area contributed by atoms with Gasteiger partial charge in [-0.05, 0) is 56.1 Å². The quantitative estimate of drug-likeness (QED) is 0.847. The van der Waals surface area contributed by atoms with Gasteiger partial charge in [-0.3, -0.25) is 4.79 Å².